The third-order valence-electron chi connectivity index (χ3n) is 4.52. The number of aliphatic hydroxyl groups excluding tert-OH is 2. The van der Waals surface area contributed by atoms with Crippen molar-refractivity contribution in [3.8, 4) is 0 Å². The summed E-state index contributed by atoms with van der Waals surface area (Å²) in [6.45, 7) is 2.50. The standard InChI is InChI=1S/C20H40NO8P/c1-6-8-10-12-18(24)20(16-21(3,4)5,19(25)13-11-9-7-2)29-30(26,27)28-15-17(23)14-22/h17,22-23H,6-16H2,1-5H3/p+1/t17-/m1/s1. The summed E-state index contributed by atoms with van der Waals surface area (Å²) in [6.07, 6.45) is 3.11. The van der Waals surface area contributed by atoms with Crippen molar-refractivity contribution in [2.24, 2.45) is 0 Å². The molecule has 0 amide bonds. The van der Waals surface area contributed by atoms with Crippen molar-refractivity contribution in [2.45, 2.75) is 76.9 Å². The Labute approximate surface area is 180 Å². The summed E-state index contributed by atoms with van der Waals surface area (Å²) in [5.74, 6) is -1.07. The molecule has 0 heterocycles. The molecule has 10 heteroatoms. The van der Waals surface area contributed by atoms with Gasteiger partial charge in [0, 0.05) is 12.8 Å². The molecular formula is C20H41NO8P+. The summed E-state index contributed by atoms with van der Waals surface area (Å²) in [7, 11) is 0.402. The van der Waals surface area contributed by atoms with E-state index in [1.165, 1.54) is 0 Å². The van der Waals surface area contributed by atoms with Crippen LogP contribution >= 0.6 is 7.82 Å². The molecule has 0 aliphatic heterocycles. The second-order valence-corrected chi connectivity index (χ2v) is 10.1. The summed E-state index contributed by atoms with van der Waals surface area (Å²) in [5, 5.41) is 18.3. The lowest BCUT2D eigenvalue weighted by Gasteiger charge is -2.37. The molecule has 30 heavy (non-hydrogen) atoms. The number of hydrogen-bond acceptors (Lipinski definition) is 7. The molecule has 3 N–H and O–H groups in total. The molecule has 0 aromatic heterocycles. The van der Waals surface area contributed by atoms with E-state index in [1.54, 1.807) is 21.1 Å². The molecule has 178 valence electrons. The molecule has 0 radical (unpaired) electrons. The van der Waals surface area contributed by atoms with E-state index in [2.05, 4.69) is 0 Å². The molecule has 0 fully saturated rings. The minimum Gasteiger partial charge on any atom is -0.394 e. The minimum absolute atomic E-state index is 0.0482. The fourth-order valence-electron chi connectivity index (χ4n) is 3.06. The highest BCUT2D eigenvalue weighted by molar-refractivity contribution is 7.47. The topological polar surface area (TPSA) is 130 Å². The molecule has 9 nitrogen and oxygen atoms in total. The zero-order valence-electron chi connectivity index (χ0n) is 19.1. The molecule has 0 spiro atoms. The zero-order chi connectivity index (χ0) is 23.4. The maximum Gasteiger partial charge on any atom is 0.473 e. The van der Waals surface area contributed by atoms with Gasteiger partial charge in [-0.1, -0.05) is 39.5 Å². The van der Waals surface area contributed by atoms with Crippen molar-refractivity contribution in [1.29, 1.82) is 0 Å². The molecule has 0 aromatic carbocycles. The Balaban J connectivity index is 5.95. The molecule has 0 aliphatic rings. The molecule has 0 bridgehead atoms. The van der Waals surface area contributed by atoms with Crippen molar-refractivity contribution in [3.63, 3.8) is 0 Å². The van der Waals surface area contributed by atoms with Gasteiger partial charge in [-0.15, -0.1) is 0 Å². The summed E-state index contributed by atoms with van der Waals surface area (Å²) in [6, 6.07) is 0. The summed E-state index contributed by atoms with van der Waals surface area (Å²) >= 11 is 0. The van der Waals surface area contributed by atoms with E-state index in [0.29, 0.717) is 12.8 Å². The van der Waals surface area contributed by atoms with E-state index < -0.39 is 44.3 Å². The predicted octanol–water partition coefficient (Wildman–Crippen LogP) is 2.22. The summed E-state index contributed by atoms with van der Waals surface area (Å²) in [5.41, 5.74) is -2.12. The van der Waals surface area contributed by atoms with Crippen LogP contribution < -0.4 is 0 Å². The lowest BCUT2D eigenvalue weighted by molar-refractivity contribution is -0.874. The van der Waals surface area contributed by atoms with Gasteiger partial charge in [0.25, 0.3) is 0 Å². The Morgan fingerprint density at radius 3 is 1.83 bits per heavy atom. The van der Waals surface area contributed by atoms with Crippen molar-refractivity contribution < 1.29 is 42.8 Å². The number of carbonyl (C=O) groups excluding carboxylic acids is 2. The van der Waals surface area contributed by atoms with Crippen molar-refractivity contribution in [2.75, 3.05) is 40.9 Å². The van der Waals surface area contributed by atoms with Crippen LogP contribution in [0.25, 0.3) is 0 Å². The van der Waals surface area contributed by atoms with Crippen LogP contribution in [0.4, 0.5) is 0 Å². The number of quaternary nitrogens is 1. The number of ketones is 2. The molecule has 0 saturated carbocycles. The third kappa shape index (κ3) is 11.1. The van der Waals surface area contributed by atoms with Crippen LogP contribution in [-0.4, -0.2) is 83.8 Å². The van der Waals surface area contributed by atoms with Crippen molar-refractivity contribution in [3.05, 3.63) is 0 Å². The van der Waals surface area contributed by atoms with Gasteiger partial charge in [0.2, 0.25) is 5.60 Å². The van der Waals surface area contributed by atoms with Crippen LogP contribution in [0.1, 0.15) is 65.2 Å². The van der Waals surface area contributed by atoms with Gasteiger partial charge in [-0.05, 0) is 12.8 Å². The van der Waals surface area contributed by atoms with Crippen molar-refractivity contribution >= 4 is 19.4 Å². The number of hydrogen-bond donors (Lipinski definition) is 3. The van der Waals surface area contributed by atoms with Crippen molar-refractivity contribution in [1.82, 2.24) is 0 Å². The Hall–Kier alpha value is -0.670. The number of carbonyl (C=O) groups is 2. The highest BCUT2D eigenvalue weighted by atomic mass is 31.2. The van der Waals surface area contributed by atoms with Gasteiger partial charge in [0.05, 0.1) is 34.4 Å². The first-order chi connectivity index (χ1) is 13.8. The van der Waals surface area contributed by atoms with E-state index in [-0.39, 0.29) is 23.9 Å². The number of nitrogens with zero attached hydrogens (tertiary/aromatic N) is 1. The zero-order valence-corrected chi connectivity index (χ0v) is 20.0. The Morgan fingerprint density at radius 1 is 1.00 bits per heavy atom. The predicted molar refractivity (Wildman–Crippen MR) is 114 cm³/mol. The lowest BCUT2D eigenvalue weighted by atomic mass is 9.86. The first-order valence-electron chi connectivity index (χ1n) is 10.7. The minimum atomic E-state index is -4.88. The second-order valence-electron chi connectivity index (χ2n) is 8.73. The number of Topliss-reactive ketones (excluding diaryl/α,β-unsaturated/α-hetero) is 2. The number of rotatable bonds is 18. The molecule has 0 rings (SSSR count). The van der Waals surface area contributed by atoms with Crippen LogP contribution in [-0.2, 0) is 23.2 Å². The lowest BCUT2D eigenvalue weighted by Crippen LogP contribution is -2.59. The van der Waals surface area contributed by atoms with Gasteiger partial charge >= 0.3 is 7.82 Å². The monoisotopic (exact) mass is 454 g/mol. The SMILES string of the molecule is CCCCCC(=O)C(C[N+](C)(C)C)(OP(=O)(O)OC[C@H](O)CO)C(=O)CCCCC. The largest absolute Gasteiger partial charge is 0.473 e. The normalized spacial score (nSPS) is 15.6. The highest BCUT2D eigenvalue weighted by Crippen LogP contribution is 2.49. The average Bonchev–Trinajstić information content (AvgIpc) is 2.64. The summed E-state index contributed by atoms with van der Waals surface area (Å²) < 4.78 is 22.9. The van der Waals surface area contributed by atoms with E-state index in [1.807, 2.05) is 13.8 Å². The molecule has 0 aliphatic carbocycles. The number of unbranched alkanes of at least 4 members (excludes halogenated alkanes) is 4. The maximum atomic E-state index is 13.2. The van der Waals surface area contributed by atoms with Crippen LogP contribution in [0.15, 0.2) is 0 Å². The van der Waals surface area contributed by atoms with Gasteiger partial charge in [0.15, 0.2) is 11.6 Å². The van der Waals surface area contributed by atoms with Gasteiger partial charge in [-0.2, -0.15) is 0 Å². The Morgan fingerprint density at radius 2 is 1.47 bits per heavy atom. The Bertz CT molecular complexity index is 554. The van der Waals surface area contributed by atoms with Crippen LogP contribution in [0, 0.1) is 0 Å². The Kier molecular flexibility index (Phi) is 13.4. The number of likely N-dealkylation sites (N-methyl/N-ethyl adjacent to an activating group) is 1. The number of phosphoric ester groups is 1. The molecule has 0 aromatic rings. The fourth-order valence-corrected chi connectivity index (χ4v) is 4.13. The highest BCUT2D eigenvalue weighted by Gasteiger charge is 2.54. The molecular weight excluding hydrogens is 413 g/mol. The first-order valence-corrected chi connectivity index (χ1v) is 12.2. The summed E-state index contributed by atoms with van der Waals surface area (Å²) in [4.78, 5) is 36.7. The molecule has 1 unspecified atom stereocenters. The van der Waals surface area contributed by atoms with E-state index in [9.17, 15) is 24.2 Å². The van der Waals surface area contributed by atoms with Gasteiger partial charge in [-0.3, -0.25) is 18.6 Å². The fraction of sp³-hybridized carbons (Fsp3) is 0.900. The number of aliphatic hydroxyl groups is 2. The second kappa shape index (κ2) is 13.7. The van der Waals surface area contributed by atoms with Crippen LogP contribution in [0.2, 0.25) is 0 Å². The average molecular weight is 455 g/mol. The van der Waals surface area contributed by atoms with E-state index >= 15 is 0 Å². The molecule has 2 atom stereocenters. The van der Waals surface area contributed by atoms with Crippen LogP contribution in [0.5, 0.6) is 0 Å². The van der Waals surface area contributed by atoms with E-state index in [0.717, 1.165) is 25.7 Å². The quantitative estimate of drug-likeness (QED) is 0.124. The maximum absolute atomic E-state index is 13.2. The van der Waals surface area contributed by atoms with E-state index in [4.69, 9.17) is 14.2 Å². The van der Waals surface area contributed by atoms with Crippen LogP contribution in [0.3, 0.4) is 0 Å². The number of phosphoric acid groups is 1. The van der Waals surface area contributed by atoms with Gasteiger partial charge in [-0.25, -0.2) is 4.57 Å². The smallest absolute Gasteiger partial charge is 0.394 e. The first kappa shape index (κ1) is 29.3. The van der Waals surface area contributed by atoms with Gasteiger partial charge in [0.1, 0.15) is 12.6 Å². The molecule has 0 saturated heterocycles. The third-order valence-corrected chi connectivity index (χ3v) is 5.54. The van der Waals surface area contributed by atoms with Gasteiger partial charge < -0.3 is 19.6 Å².